The van der Waals surface area contributed by atoms with E-state index >= 15 is 0 Å². The molecule has 0 amide bonds. The first-order valence-electron chi connectivity index (χ1n) is 13.2. The number of aryl methyl sites for hydroxylation is 2. The maximum Gasteiger partial charge on any atom is 0.294 e. The van der Waals surface area contributed by atoms with E-state index in [1.807, 2.05) is 0 Å². The van der Waals surface area contributed by atoms with E-state index in [0.717, 1.165) is 36.4 Å². The minimum atomic E-state index is -4.80. The maximum atomic E-state index is 12.2. The van der Waals surface area contributed by atoms with Crippen molar-refractivity contribution in [3.63, 3.8) is 0 Å². The Morgan fingerprint density at radius 3 is 1.94 bits per heavy atom. The molecule has 0 aliphatic rings. The summed E-state index contributed by atoms with van der Waals surface area (Å²) in [7, 11) is -14.1. The van der Waals surface area contributed by atoms with Gasteiger partial charge in [0.05, 0.1) is 25.4 Å². The molecule has 4 aromatic carbocycles. The molecule has 0 radical (unpaired) electrons. The number of aromatic nitrogens is 3. The van der Waals surface area contributed by atoms with Gasteiger partial charge < -0.3 is 20.8 Å². The Labute approximate surface area is 282 Å². The van der Waals surface area contributed by atoms with Crippen LogP contribution < -0.4 is 10.6 Å². The van der Waals surface area contributed by atoms with Gasteiger partial charge in [0.15, 0.2) is 11.5 Å². The van der Waals surface area contributed by atoms with Crippen molar-refractivity contribution in [1.82, 2.24) is 15.0 Å². The van der Waals surface area contributed by atoms with Crippen molar-refractivity contribution < 1.29 is 49.1 Å². The van der Waals surface area contributed by atoms with Gasteiger partial charge in [-0.05, 0) is 73.3 Å². The second-order valence-corrected chi connectivity index (χ2v) is 14.8. The summed E-state index contributed by atoms with van der Waals surface area (Å²) in [6.07, 6.45) is 0. The number of benzene rings is 4. The highest BCUT2D eigenvalue weighted by Crippen LogP contribution is 2.45. The molecule has 0 spiro atoms. The Morgan fingerprint density at radius 1 is 0.694 bits per heavy atom. The molecule has 5 aromatic rings. The lowest BCUT2D eigenvalue weighted by Crippen LogP contribution is -2.07. The van der Waals surface area contributed by atoms with Crippen molar-refractivity contribution in [2.75, 3.05) is 10.6 Å². The number of nitrogens with zero attached hydrogens (tertiary/aromatic N) is 5. The molecule has 1 heterocycles. The van der Waals surface area contributed by atoms with E-state index in [0.29, 0.717) is 0 Å². The molecular formula is C27H22ClN7O11S3. The quantitative estimate of drug-likeness (QED) is 0.0737. The normalized spacial score (nSPS) is 12.4. The molecule has 0 aliphatic carbocycles. The van der Waals surface area contributed by atoms with Gasteiger partial charge in [-0.3, -0.25) is 13.7 Å². The zero-order valence-corrected chi connectivity index (χ0v) is 27.9. The number of nitrogens with one attached hydrogen (secondary N) is 2. The van der Waals surface area contributed by atoms with Gasteiger partial charge in [-0.15, -0.1) is 10.2 Å². The molecule has 1 aromatic heterocycles. The monoisotopic (exact) mass is 751 g/mol. The average Bonchev–Trinajstić information content (AvgIpc) is 2.97. The molecule has 256 valence electrons. The van der Waals surface area contributed by atoms with Gasteiger partial charge >= 0.3 is 0 Å². The zero-order valence-electron chi connectivity index (χ0n) is 24.7. The van der Waals surface area contributed by atoms with Crippen molar-refractivity contribution in [1.29, 1.82) is 0 Å². The van der Waals surface area contributed by atoms with Gasteiger partial charge in [0.2, 0.25) is 11.9 Å². The summed E-state index contributed by atoms with van der Waals surface area (Å²) in [4.78, 5) is 10.8. The van der Waals surface area contributed by atoms with Crippen molar-refractivity contribution in [3.8, 4) is 11.5 Å². The van der Waals surface area contributed by atoms with E-state index in [4.69, 9.17) is 11.6 Å². The van der Waals surface area contributed by atoms with Crippen LogP contribution in [0.3, 0.4) is 0 Å². The van der Waals surface area contributed by atoms with Gasteiger partial charge in [-0.1, -0.05) is 17.7 Å². The van der Waals surface area contributed by atoms with Crippen molar-refractivity contribution >= 4 is 87.4 Å². The minimum Gasteiger partial charge on any atom is -0.505 e. The smallest absolute Gasteiger partial charge is 0.294 e. The largest absolute Gasteiger partial charge is 0.505 e. The third-order valence-corrected chi connectivity index (χ3v) is 9.40. The average molecular weight is 752 g/mol. The van der Waals surface area contributed by atoms with Crippen LogP contribution in [0.4, 0.5) is 34.6 Å². The lowest BCUT2D eigenvalue weighted by molar-refractivity contribution is 0.472. The number of hydrogen-bond acceptors (Lipinski definition) is 15. The van der Waals surface area contributed by atoms with Crippen LogP contribution in [0.2, 0.25) is 5.02 Å². The molecule has 0 fully saturated rings. The lowest BCUT2D eigenvalue weighted by Gasteiger charge is -2.15. The van der Waals surface area contributed by atoms with Crippen LogP contribution in [-0.2, 0) is 30.4 Å². The fraction of sp³-hybridized carbons (Fsp3) is 0.0741. The molecule has 49 heavy (non-hydrogen) atoms. The maximum absolute atomic E-state index is 12.2. The fourth-order valence-electron chi connectivity index (χ4n) is 4.46. The molecular weight excluding hydrogens is 730 g/mol. The Kier molecular flexibility index (Phi) is 9.20. The number of halogens is 1. The first-order valence-corrected chi connectivity index (χ1v) is 17.9. The van der Waals surface area contributed by atoms with Crippen LogP contribution in [-0.4, -0.2) is 64.1 Å². The first-order chi connectivity index (χ1) is 22.7. The van der Waals surface area contributed by atoms with E-state index in [1.165, 1.54) is 32.0 Å². The highest BCUT2D eigenvalue weighted by molar-refractivity contribution is 7.86. The second-order valence-electron chi connectivity index (χ2n) is 10.2. The summed E-state index contributed by atoms with van der Waals surface area (Å²) >= 11 is 5.88. The number of hydrogen-bond donors (Lipinski definition) is 7. The van der Waals surface area contributed by atoms with Crippen LogP contribution in [0.15, 0.2) is 79.5 Å². The van der Waals surface area contributed by atoms with Gasteiger partial charge in [0.1, 0.15) is 17.2 Å². The standard InChI is InChI=1S/C27H22ClN7O11S3/c1-12-6-14-7-17(48(41,42)43)10-20(22(14)25(37)23(12)35-34-21-11-18(49(44,45)46)9-19(28)24(21)36)32-27-30-13(2)29-26(33-27)31-15-4-3-5-16(8-15)47(38,39)40/h3-11,36-37H,1-2H3,(H,38,39,40)(H,41,42,43)(H,44,45,46)(H2,29,30,31,32,33). The van der Waals surface area contributed by atoms with E-state index in [-0.39, 0.29) is 51.1 Å². The van der Waals surface area contributed by atoms with E-state index in [2.05, 4.69) is 35.8 Å². The predicted molar refractivity (Wildman–Crippen MR) is 175 cm³/mol. The van der Waals surface area contributed by atoms with Crippen molar-refractivity contribution in [2.45, 2.75) is 28.5 Å². The molecule has 0 bridgehead atoms. The number of fused-ring (bicyclic) bond motifs is 1. The Bertz CT molecular complexity index is 2550. The highest BCUT2D eigenvalue weighted by Gasteiger charge is 2.21. The molecule has 0 atom stereocenters. The summed E-state index contributed by atoms with van der Waals surface area (Å²) in [5, 5.41) is 34.5. The molecule has 22 heteroatoms. The van der Waals surface area contributed by atoms with Gasteiger partial charge in [0.25, 0.3) is 30.4 Å². The van der Waals surface area contributed by atoms with Gasteiger partial charge in [-0.25, -0.2) is 0 Å². The summed E-state index contributed by atoms with van der Waals surface area (Å²) in [5.74, 6) is -1.47. The van der Waals surface area contributed by atoms with E-state index in [9.17, 15) is 49.1 Å². The number of rotatable bonds is 9. The zero-order chi connectivity index (χ0) is 36.1. The molecule has 0 saturated heterocycles. The molecule has 0 unspecified atom stereocenters. The topological polar surface area (TPSA) is 291 Å². The number of phenols is 2. The van der Waals surface area contributed by atoms with Crippen LogP contribution in [0, 0.1) is 13.8 Å². The predicted octanol–water partition coefficient (Wildman–Crippen LogP) is 5.35. The lowest BCUT2D eigenvalue weighted by atomic mass is 10.0. The molecule has 7 N–H and O–H groups in total. The van der Waals surface area contributed by atoms with Crippen molar-refractivity contribution in [3.05, 3.63) is 71.0 Å². The van der Waals surface area contributed by atoms with Crippen LogP contribution in [0.5, 0.6) is 11.5 Å². The number of phenolic OH excluding ortho intramolecular Hbond substituents is 2. The Hall–Kier alpha value is -5.03. The number of anilines is 4. The van der Waals surface area contributed by atoms with Gasteiger partial charge in [-0.2, -0.15) is 40.2 Å². The second kappa shape index (κ2) is 12.8. The number of azo groups is 1. The third kappa shape index (κ3) is 7.83. The SMILES string of the molecule is Cc1nc(Nc2cccc(S(=O)(=O)O)c2)nc(Nc2cc(S(=O)(=O)O)cc3cc(C)c(N=Nc4cc(S(=O)(=O)O)cc(Cl)c4O)c(O)c23)n1. The fourth-order valence-corrected chi connectivity index (χ4v) is 6.34. The van der Waals surface area contributed by atoms with E-state index < -0.39 is 67.2 Å². The van der Waals surface area contributed by atoms with Crippen LogP contribution >= 0.6 is 11.6 Å². The molecule has 18 nitrogen and oxygen atoms in total. The van der Waals surface area contributed by atoms with Crippen molar-refractivity contribution in [2.24, 2.45) is 10.2 Å². The Morgan fingerprint density at radius 2 is 1.31 bits per heavy atom. The van der Waals surface area contributed by atoms with Crippen LogP contribution in [0.1, 0.15) is 11.4 Å². The molecule has 0 aliphatic heterocycles. The Balaban J connectivity index is 1.63. The first kappa shape index (κ1) is 35.3. The summed E-state index contributed by atoms with van der Waals surface area (Å²) in [5.41, 5.74) is -0.498. The molecule has 0 saturated carbocycles. The van der Waals surface area contributed by atoms with E-state index in [1.54, 1.807) is 0 Å². The third-order valence-electron chi connectivity index (χ3n) is 6.60. The summed E-state index contributed by atoms with van der Waals surface area (Å²) in [6, 6.07) is 10.1. The summed E-state index contributed by atoms with van der Waals surface area (Å²) in [6.45, 7) is 2.95. The highest BCUT2D eigenvalue weighted by atomic mass is 35.5. The molecule has 5 rings (SSSR count). The number of aromatic hydroxyl groups is 2. The van der Waals surface area contributed by atoms with Gasteiger partial charge in [0, 0.05) is 11.1 Å². The minimum absolute atomic E-state index is 0.0747. The summed E-state index contributed by atoms with van der Waals surface area (Å²) < 4.78 is 99.3. The van der Waals surface area contributed by atoms with Crippen LogP contribution in [0.25, 0.3) is 10.8 Å².